The van der Waals surface area contributed by atoms with E-state index in [1.54, 1.807) is 30.1 Å². The van der Waals surface area contributed by atoms with Crippen LogP contribution in [0.15, 0.2) is 60.9 Å². The topological polar surface area (TPSA) is 50.5 Å². The molecule has 1 aliphatic heterocycles. The minimum Gasteiger partial charge on any atom is -0.497 e. The van der Waals surface area contributed by atoms with Gasteiger partial charge in [0.25, 0.3) is 0 Å². The number of hydrogen-bond donors (Lipinski definition) is 1. The molecule has 1 aromatic heterocycles. The van der Waals surface area contributed by atoms with Crippen LogP contribution in [0.4, 0.5) is 4.39 Å². The van der Waals surface area contributed by atoms with Crippen LogP contribution in [0, 0.1) is 11.2 Å². The fourth-order valence-electron chi connectivity index (χ4n) is 4.55. The molecule has 0 spiro atoms. The van der Waals surface area contributed by atoms with Gasteiger partial charge in [-0.05, 0) is 73.3 Å². The van der Waals surface area contributed by atoms with Crippen LogP contribution in [-0.2, 0) is 13.0 Å². The second-order valence-electron chi connectivity index (χ2n) is 8.22. The van der Waals surface area contributed by atoms with Gasteiger partial charge >= 0.3 is 0 Å². The standard InChI is InChI=1S/C24H28FN3O2/c1-30-22-6-2-5-19(13-22)15-24(18-29)9-3-11-27(17-24)16-20-14-21(25)7-8-23(20)28-12-4-10-26-28/h2,4-8,10,12-14,29H,3,9,11,15-18H2,1H3/t24-/m1/s1. The molecule has 1 saturated heterocycles. The number of nitrogens with zero attached hydrogens (tertiary/aromatic N) is 3. The number of likely N-dealkylation sites (tertiary alicyclic amines) is 1. The maximum atomic E-state index is 14.0. The van der Waals surface area contributed by atoms with Crippen LogP contribution in [0.2, 0.25) is 0 Å². The number of ether oxygens (including phenoxy) is 1. The summed E-state index contributed by atoms with van der Waals surface area (Å²) in [6.07, 6.45) is 6.34. The SMILES string of the molecule is COc1cccc(C[C@]2(CO)CCCN(Cc3cc(F)ccc3-n3cccn3)C2)c1. The van der Waals surface area contributed by atoms with Gasteiger partial charge < -0.3 is 9.84 Å². The summed E-state index contributed by atoms with van der Waals surface area (Å²) in [6, 6.07) is 14.7. The summed E-state index contributed by atoms with van der Waals surface area (Å²) in [5.74, 6) is 0.583. The Morgan fingerprint density at radius 1 is 1.20 bits per heavy atom. The quantitative estimate of drug-likeness (QED) is 0.644. The molecule has 0 unspecified atom stereocenters. The van der Waals surface area contributed by atoms with E-state index in [4.69, 9.17) is 4.74 Å². The van der Waals surface area contributed by atoms with Gasteiger partial charge in [0.15, 0.2) is 0 Å². The monoisotopic (exact) mass is 409 g/mol. The number of rotatable bonds is 7. The lowest BCUT2D eigenvalue weighted by Gasteiger charge is -2.42. The minimum atomic E-state index is -0.247. The van der Waals surface area contributed by atoms with Crippen molar-refractivity contribution in [1.82, 2.24) is 14.7 Å². The molecule has 1 fully saturated rings. The summed E-state index contributed by atoms with van der Waals surface area (Å²) in [4.78, 5) is 2.32. The number of aromatic nitrogens is 2. The molecule has 1 atom stereocenters. The van der Waals surface area contributed by atoms with E-state index in [0.29, 0.717) is 6.54 Å². The molecule has 0 amide bonds. The maximum absolute atomic E-state index is 14.0. The summed E-state index contributed by atoms with van der Waals surface area (Å²) in [5, 5.41) is 14.6. The Bertz CT molecular complexity index is 976. The predicted molar refractivity (Wildman–Crippen MR) is 114 cm³/mol. The van der Waals surface area contributed by atoms with Gasteiger partial charge in [-0.3, -0.25) is 4.90 Å². The zero-order chi connectivity index (χ0) is 21.0. The first-order valence-electron chi connectivity index (χ1n) is 10.4. The lowest BCUT2D eigenvalue weighted by atomic mass is 9.75. The highest BCUT2D eigenvalue weighted by Gasteiger charge is 2.35. The first kappa shape index (κ1) is 20.6. The summed E-state index contributed by atoms with van der Waals surface area (Å²) in [7, 11) is 1.67. The van der Waals surface area contributed by atoms with Crippen molar-refractivity contribution in [3.63, 3.8) is 0 Å². The Balaban J connectivity index is 1.54. The molecule has 1 N–H and O–H groups in total. The van der Waals surface area contributed by atoms with Crippen molar-refractivity contribution in [2.45, 2.75) is 25.8 Å². The van der Waals surface area contributed by atoms with Crippen LogP contribution in [0.25, 0.3) is 5.69 Å². The molecular formula is C24H28FN3O2. The first-order valence-corrected chi connectivity index (χ1v) is 10.4. The number of aliphatic hydroxyl groups excluding tert-OH is 1. The van der Waals surface area contributed by atoms with Crippen LogP contribution >= 0.6 is 0 Å². The zero-order valence-corrected chi connectivity index (χ0v) is 17.3. The molecule has 6 heteroatoms. The molecule has 158 valence electrons. The summed E-state index contributed by atoms with van der Waals surface area (Å²) < 4.78 is 21.1. The van der Waals surface area contributed by atoms with E-state index >= 15 is 0 Å². The third-order valence-electron chi connectivity index (χ3n) is 5.98. The highest BCUT2D eigenvalue weighted by atomic mass is 19.1. The molecule has 5 nitrogen and oxygen atoms in total. The van der Waals surface area contributed by atoms with Crippen molar-refractivity contribution in [3.05, 3.63) is 77.9 Å². The van der Waals surface area contributed by atoms with E-state index < -0.39 is 0 Å². The molecule has 2 aromatic carbocycles. The van der Waals surface area contributed by atoms with Crippen molar-refractivity contribution in [2.24, 2.45) is 5.41 Å². The van der Waals surface area contributed by atoms with Crippen LogP contribution in [-0.4, -0.2) is 46.6 Å². The second-order valence-corrected chi connectivity index (χ2v) is 8.22. The average molecular weight is 410 g/mol. The van der Waals surface area contributed by atoms with E-state index in [1.165, 1.54) is 6.07 Å². The van der Waals surface area contributed by atoms with Crippen LogP contribution in [0.3, 0.4) is 0 Å². The predicted octanol–water partition coefficient (Wildman–Crippen LogP) is 3.84. The summed E-state index contributed by atoms with van der Waals surface area (Å²) in [6.45, 7) is 2.42. The van der Waals surface area contributed by atoms with Crippen molar-refractivity contribution in [1.29, 1.82) is 0 Å². The zero-order valence-electron chi connectivity index (χ0n) is 17.3. The number of benzene rings is 2. The number of halogens is 1. The van der Waals surface area contributed by atoms with Crippen molar-refractivity contribution >= 4 is 0 Å². The highest BCUT2D eigenvalue weighted by Crippen LogP contribution is 2.35. The summed E-state index contributed by atoms with van der Waals surface area (Å²) >= 11 is 0. The molecule has 30 heavy (non-hydrogen) atoms. The largest absolute Gasteiger partial charge is 0.497 e. The van der Waals surface area contributed by atoms with E-state index in [0.717, 1.165) is 54.9 Å². The first-order chi connectivity index (χ1) is 14.6. The Kier molecular flexibility index (Phi) is 6.16. The van der Waals surface area contributed by atoms with Gasteiger partial charge in [-0.1, -0.05) is 12.1 Å². The lowest BCUT2D eigenvalue weighted by Crippen LogP contribution is -2.46. The minimum absolute atomic E-state index is 0.121. The third kappa shape index (κ3) is 4.55. The normalized spacial score (nSPS) is 19.7. The number of piperidine rings is 1. The van der Waals surface area contributed by atoms with Crippen LogP contribution in [0.1, 0.15) is 24.0 Å². The second kappa shape index (κ2) is 8.98. The fraction of sp³-hybridized carbons (Fsp3) is 0.375. The Labute approximate surface area is 176 Å². The van der Waals surface area contributed by atoms with Crippen LogP contribution in [0.5, 0.6) is 5.75 Å². The van der Waals surface area contributed by atoms with Gasteiger partial charge in [0.1, 0.15) is 11.6 Å². The Morgan fingerprint density at radius 3 is 2.87 bits per heavy atom. The van der Waals surface area contributed by atoms with Gasteiger partial charge in [-0.2, -0.15) is 5.10 Å². The van der Waals surface area contributed by atoms with Crippen LogP contribution < -0.4 is 4.74 Å². The Morgan fingerprint density at radius 2 is 2.10 bits per heavy atom. The molecule has 3 aromatic rings. The van der Waals surface area contributed by atoms with Gasteiger partial charge in [0.2, 0.25) is 0 Å². The lowest BCUT2D eigenvalue weighted by molar-refractivity contribution is 0.0288. The molecule has 0 radical (unpaired) electrons. The van der Waals surface area contributed by atoms with E-state index in [2.05, 4.69) is 16.1 Å². The van der Waals surface area contributed by atoms with Gasteiger partial charge in [-0.25, -0.2) is 9.07 Å². The molecule has 0 aliphatic carbocycles. The maximum Gasteiger partial charge on any atom is 0.123 e. The third-order valence-corrected chi connectivity index (χ3v) is 5.98. The highest BCUT2D eigenvalue weighted by molar-refractivity contribution is 5.40. The van der Waals surface area contributed by atoms with Crippen molar-refractivity contribution in [3.8, 4) is 11.4 Å². The van der Waals surface area contributed by atoms with E-state index in [-0.39, 0.29) is 17.8 Å². The fourth-order valence-corrected chi connectivity index (χ4v) is 4.55. The van der Waals surface area contributed by atoms with Crippen molar-refractivity contribution < 1.29 is 14.2 Å². The van der Waals surface area contributed by atoms with Gasteiger partial charge in [-0.15, -0.1) is 0 Å². The molecular weight excluding hydrogens is 381 g/mol. The molecule has 0 bridgehead atoms. The van der Waals surface area contributed by atoms with Gasteiger partial charge in [0.05, 0.1) is 19.4 Å². The molecule has 1 aliphatic rings. The molecule has 2 heterocycles. The van der Waals surface area contributed by atoms with Gasteiger partial charge in [0, 0.05) is 30.9 Å². The molecule has 4 rings (SSSR count). The van der Waals surface area contributed by atoms with Crippen molar-refractivity contribution in [2.75, 3.05) is 26.8 Å². The Hall–Kier alpha value is -2.70. The summed E-state index contributed by atoms with van der Waals surface area (Å²) in [5.41, 5.74) is 2.72. The average Bonchev–Trinajstić information content (AvgIpc) is 3.29. The van der Waals surface area contributed by atoms with E-state index in [1.807, 2.05) is 30.5 Å². The smallest absolute Gasteiger partial charge is 0.123 e. The number of aliphatic hydroxyl groups is 1. The number of hydrogen-bond acceptors (Lipinski definition) is 4. The number of methoxy groups -OCH3 is 1. The van der Waals surface area contributed by atoms with E-state index in [9.17, 15) is 9.50 Å². The molecule has 0 saturated carbocycles.